The quantitative estimate of drug-likeness (QED) is 0.676. The molecule has 0 unspecified atom stereocenters. The zero-order chi connectivity index (χ0) is 12.4. The molecule has 1 fully saturated rings. The highest BCUT2D eigenvalue weighted by atomic mass is 16.1. The van der Waals surface area contributed by atoms with E-state index in [1.807, 2.05) is 4.90 Å². The Kier molecular flexibility index (Phi) is 3.10. The van der Waals surface area contributed by atoms with Gasteiger partial charge >= 0.3 is 0 Å². The van der Waals surface area contributed by atoms with Gasteiger partial charge in [0.2, 0.25) is 5.95 Å². The molecule has 1 aliphatic heterocycles. The van der Waals surface area contributed by atoms with E-state index in [0.717, 1.165) is 26.2 Å². The molecule has 4 N–H and O–H groups in total. The molecule has 0 aliphatic carbocycles. The first-order chi connectivity index (χ1) is 8.08. The van der Waals surface area contributed by atoms with Crippen molar-refractivity contribution >= 4 is 17.7 Å². The van der Waals surface area contributed by atoms with E-state index < -0.39 is 5.91 Å². The molecule has 1 aromatic rings. The Bertz CT molecular complexity index is 427. The first-order valence-electron chi connectivity index (χ1n) is 5.43. The van der Waals surface area contributed by atoms with Gasteiger partial charge in [0.1, 0.15) is 5.82 Å². The lowest BCUT2D eigenvalue weighted by molar-refractivity contribution is 0.100. The summed E-state index contributed by atoms with van der Waals surface area (Å²) in [6.07, 6.45) is 1.39. The maximum absolute atomic E-state index is 11.0. The molecule has 2 heterocycles. The van der Waals surface area contributed by atoms with Crippen LogP contribution in [0, 0.1) is 0 Å². The van der Waals surface area contributed by atoms with E-state index in [1.165, 1.54) is 6.20 Å². The number of nitrogens with zero attached hydrogens (tertiary/aromatic N) is 4. The van der Waals surface area contributed by atoms with Crippen LogP contribution in [0.5, 0.6) is 0 Å². The van der Waals surface area contributed by atoms with Crippen LogP contribution in [-0.2, 0) is 0 Å². The zero-order valence-corrected chi connectivity index (χ0v) is 9.76. The van der Waals surface area contributed by atoms with Crippen LogP contribution in [0.15, 0.2) is 6.20 Å². The molecule has 2 rings (SSSR count). The average molecular weight is 236 g/mol. The number of rotatable bonds is 2. The largest absolute Gasteiger partial charge is 0.383 e. The second kappa shape index (κ2) is 4.54. The van der Waals surface area contributed by atoms with Crippen molar-refractivity contribution in [3.8, 4) is 0 Å². The number of aromatic nitrogens is 2. The van der Waals surface area contributed by atoms with Crippen molar-refractivity contribution in [2.24, 2.45) is 5.73 Å². The van der Waals surface area contributed by atoms with Crippen LogP contribution in [-0.4, -0.2) is 54.0 Å². The predicted molar refractivity (Wildman–Crippen MR) is 64.7 cm³/mol. The van der Waals surface area contributed by atoms with Gasteiger partial charge in [-0.3, -0.25) is 4.79 Å². The third-order valence-electron chi connectivity index (χ3n) is 2.86. The molecule has 0 atom stereocenters. The number of primary amides is 1. The van der Waals surface area contributed by atoms with Gasteiger partial charge in [-0.15, -0.1) is 0 Å². The first kappa shape index (κ1) is 11.6. The fraction of sp³-hybridized carbons (Fsp3) is 0.500. The van der Waals surface area contributed by atoms with Crippen molar-refractivity contribution in [3.63, 3.8) is 0 Å². The van der Waals surface area contributed by atoms with Crippen molar-refractivity contribution in [1.29, 1.82) is 0 Å². The van der Waals surface area contributed by atoms with Crippen molar-refractivity contribution < 1.29 is 4.79 Å². The fourth-order valence-corrected chi connectivity index (χ4v) is 1.73. The highest BCUT2D eigenvalue weighted by Gasteiger charge is 2.18. The molecule has 1 aliphatic rings. The zero-order valence-electron chi connectivity index (χ0n) is 9.76. The third kappa shape index (κ3) is 2.44. The van der Waals surface area contributed by atoms with Crippen LogP contribution in [0.1, 0.15) is 10.4 Å². The summed E-state index contributed by atoms with van der Waals surface area (Å²) in [6, 6.07) is 0. The summed E-state index contributed by atoms with van der Waals surface area (Å²) < 4.78 is 0. The molecule has 1 saturated heterocycles. The molecule has 0 bridgehead atoms. The molecular weight excluding hydrogens is 220 g/mol. The number of nitrogen functional groups attached to an aromatic ring is 1. The lowest BCUT2D eigenvalue weighted by Crippen LogP contribution is -2.45. The topological polar surface area (TPSA) is 101 Å². The monoisotopic (exact) mass is 236 g/mol. The Labute approximate surface area is 99.4 Å². The minimum Gasteiger partial charge on any atom is -0.383 e. The van der Waals surface area contributed by atoms with E-state index in [9.17, 15) is 4.79 Å². The van der Waals surface area contributed by atoms with Crippen molar-refractivity contribution in [1.82, 2.24) is 14.9 Å². The number of piperazine rings is 1. The minimum atomic E-state index is -0.604. The Morgan fingerprint density at radius 2 is 2.00 bits per heavy atom. The van der Waals surface area contributed by atoms with E-state index in [1.54, 1.807) is 0 Å². The van der Waals surface area contributed by atoms with E-state index in [2.05, 4.69) is 21.9 Å². The minimum absolute atomic E-state index is 0.140. The Morgan fingerprint density at radius 3 is 2.53 bits per heavy atom. The number of anilines is 2. The average Bonchev–Trinajstić information content (AvgIpc) is 2.29. The summed E-state index contributed by atoms with van der Waals surface area (Å²) in [5, 5.41) is 0. The maximum Gasteiger partial charge on any atom is 0.254 e. The van der Waals surface area contributed by atoms with Gasteiger partial charge in [0.05, 0.1) is 5.56 Å². The van der Waals surface area contributed by atoms with Crippen LogP contribution >= 0.6 is 0 Å². The van der Waals surface area contributed by atoms with Crippen LogP contribution in [0.4, 0.5) is 11.8 Å². The number of carbonyl (C=O) groups is 1. The third-order valence-corrected chi connectivity index (χ3v) is 2.86. The lowest BCUT2D eigenvalue weighted by Gasteiger charge is -2.32. The van der Waals surface area contributed by atoms with Crippen molar-refractivity contribution in [2.75, 3.05) is 43.9 Å². The van der Waals surface area contributed by atoms with Crippen LogP contribution in [0.25, 0.3) is 0 Å². The van der Waals surface area contributed by atoms with E-state index >= 15 is 0 Å². The number of nitrogens with two attached hydrogens (primary N) is 2. The van der Waals surface area contributed by atoms with Crippen LogP contribution < -0.4 is 16.4 Å². The fourth-order valence-electron chi connectivity index (χ4n) is 1.73. The normalized spacial score (nSPS) is 17.1. The molecule has 1 aromatic heterocycles. The summed E-state index contributed by atoms with van der Waals surface area (Å²) in [6.45, 7) is 3.62. The predicted octanol–water partition coefficient (Wildman–Crippen LogP) is -1.09. The maximum atomic E-state index is 11.0. The molecule has 1 amide bonds. The molecule has 7 heteroatoms. The first-order valence-corrected chi connectivity index (χ1v) is 5.43. The van der Waals surface area contributed by atoms with Gasteiger partial charge in [0, 0.05) is 32.4 Å². The van der Waals surface area contributed by atoms with Crippen LogP contribution in [0.2, 0.25) is 0 Å². The Hall–Kier alpha value is -1.89. The Morgan fingerprint density at radius 1 is 1.35 bits per heavy atom. The van der Waals surface area contributed by atoms with Gasteiger partial charge < -0.3 is 21.3 Å². The number of amides is 1. The number of carbonyl (C=O) groups excluding carboxylic acids is 1. The van der Waals surface area contributed by atoms with Gasteiger partial charge in [0.25, 0.3) is 5.91 Å². The summed E-state index contributed by atoms with van der Waals surface area (Å²) in [5.41, 5.74) is 11.0. The second-order valence-corrected chi connectivity index (χ2v) is 4.12. The number of hydrogen-bond acceptors (Lipinski definition) is 6. The smallest absolute Gasteiger partial charge is 0.254 e. The van der Waals surface area contributed by atoms with Gasteiger partial charge in [-0.25, -0.2) is 4.98 Å². The number of likely N-dealkylation sites (N-methyl/N-ethyl adjacent to an activating group) is 1. The standard InChI is InChI=1S/C10H16N6O/c1-15-2-4-16(5-3-15)10-13-6-7(9(12)17)8(11)14-10/h6H,2-5H2,1H3,(H2,12,17)(H2,11,13,14). The number of hydrogen-bond donors (Lipinski definition) is 2. The van der Waals surface area contributed by atoms with E-state index in [4.69, 9.17) is 11.5 Å². The van der Waals surface area contributed by atoms with Gasteiger partial charge in [-0.2, -0.15) is 4.98 Å². The molecule has 92 valence electrons. The van der Waals surface area contributed by atoms with Gasteiger partial charge in [-0.05, 0) is 7.05 Å². The molecule has 17 heavy (non-hydrogen) atoms. The summed E-state index contributed by atoms with van der Waals surface area (Å²) in [4.78, 5) is 23.5. The van der Waals surface area contributed by atoms with Crippen molar-refractivity contribution in [3.05, 3.63) is 11.8 Å². The molecule has 0 saturated carbocycles. The molecule has 0 radical (unpaired) electrons. The van der Waals surface area contributed by atoms with Gasteiger partial charge in [0.15, 0.2) is 0 Å². The Balaban J connectivity index is 2.17. The SMILES string of the molecule is CN1CCN(c2ncc(C(N)=O)c(N)n2)CC1. The van der Waals surface area contributed by atoms with Gasteiger partial charge in [-0.1, -0.05) is 0 Å². The van der Waals surface area contributed by atoms with Crippen molar-refractivity contribution in [2.45, 2.75) is 0 Å². The van der Waals surface area contributed by atoms with Crippen LogP contribution in [0.3, 0.4) is 0 Å². The summed E-state index contributed by atoms with van der Waals surface area (Å²) in [7, 11) is 2.07. The highest BCUT2D eigenvalue weighted by molar-refractivity contribution is 5.96. The van der Waals surface area contributed by atoms with E-state index in [0.29, 0.717) is 5.95 Å². The summed E-state index contributed by atoms with van der Waals surface area (Å²) in [5.74, 6) is 0.0921. The molecule has 0 spiro atoms. The van der Waals surface area contributed by atoms with E-state index in [-0.39, 0.29) is 11.4 Å². The second-order valence-electron chi connectivity index (χ2n) is 4.12. The molecular formula is C10H16N6O. The molecule has 0 aromatic carbocycles. The highest BCUT2D eigenvalue weighted by Crippen LogP contribution is 2.14. The molecule has 7 nitrogen and oxygen atoms in total. The lowest BCUT2D eigenvalue weighted by atomic mass is 10.3. The summed E-state index contributed by atoms with van der Waals surface area (Å²) >= 11 is 0.